The first-order chi connectivity index (χ1) is 6.55. The predicted octanol–water partition coefficient (Wildman–Crippen LogP) is 2.45. The van der Waals surface area contributed by atoms with E-state index in [1.165, 1.54) is 0 Å². The lowest BCUT2D eigenvalue weighted by molar-refractivity contribution is -0.0794. The summed E-state index contributed by atoms with van der Waals surface area (Å²) < 4.78 is 25.7. The zero-order chi connectivity index (χ0) is 10.2. The summed E-state index contributed by atoms with van der Waals surface area (Å²) in [5.41, 5.74) is 0. The average molecular weight is 264 g/mol. The van der Waals surface area contributed by atoms with Gasteiger partial charge in [0, 0.05) is 31.3 Å². The van der Waals surface area contributed by atoms with Gasteiger partial charge >= 0.3 is 0 Å². The fourth-order valence-electron chi connectivity index (χ4n) is 1.33. The van der Waals surface area contributed by atoms with Crippen LogP contribution in [0.25, 0.3) is 0 Å². The monoisotopic (exact) mass is 263 g/mol. The molecule has 1 aliphatic carbocycles. The first-order valence-corrected chi connectivity index (χ1v) is 4.96. The van der Waals surface area contributed by atoms with Gasteiger partial charge in [-0.3, -0.25) is 0 Å². The van der Waals surface area contributed by atoms with Gasteiger partial charge in [-0.2, -0.15) is 0 Å². The zero-order valence-electron chi connectivity index (χ0n) is 7.17. The SMILES string of the molecule is FC1(F)CC(Nc2ncc(Br)cn2)C1. The third-order valence-electron chi connectivity index (χ3n) is 2.04. The number of rotatable bonds is 2. The number of alkyl halides is 2. The molecule has 1 aromatic heterocycles. The van der Waals surface area contributed by atoms with Crippen molar-refractivity contribution < 1.29 is 8.78 Å². The van der Waals surface area contributed by atoms with Crippen molar-refractivity contribution in [1.82, 2.24) is 9.97 Å². The lowest BCUT2D eigenvalue weighted by atomic mass is 9.88. The summed E-state index contributed by atoms with van der Waals surface area (Å²) in [6, 6.07) is -0.203. The molecule has 1 aromatic rings. The van der Waals surface area contributed by atoms with E-state index >= 15 is 0 Å². The smallest absolute Gasteiger partial charge is 0.252 e. The molecule has 0 unspecified atom stereocenters. The molecule has 6 heteroatoms. The lowest BCUT2D eigenvalue weighted by Crippen LogP contribution is -2.44. The maximum Gasteiger partial charge on any atom is 0.252 e. The largest absolute Gasteiger partial charge is 0.351 e. The van der Waals surface area contributed by atoms with E-state index in [1.54, 1.807) is 12.4 Å². The lowest BCUT2D eigenvalue weighted by Gasteiger charge is -2.35. The van der Waals surface area contributed by atoms with Crippen LogP contribution in [0.3, 0.4) is 0 Å². The number of aromatic nitrogens is 2. The third kappa shape index (κ3) is 2.17. The highest BCUT2D eigenvalue weighted by Gasteiger charge is 2.45. The molecule has 0 radical (unpaired) electrons. The molecule has 0 amide bonds. The first kappa shape index (κ1) is 9.76. The topological polar surface area (TPSA) is 37.8 Å². The van der Waals surface area contributed by atoms with Crippen molar-refractivity contribution in [2.75, 3.05) is 5.32 Å². The van der Waals surface area contributed by atoms with Crippen LogP contribution in [-0.2, 0) is 0 Å². The van der Waals surface area contributed by atoms with E-state index in [1.807, 2.05) is 0 Å². The van der Waals surface area contributed by atoms with Crippen LogP contribution in [0, 0.1) is 0 Å². The standard InChI is InChI=1S/C8H8BrF2N3/c9-5-3-12-7(13-4-5)14-6-1-8(10,11)2-6/h3-4,6H,1-2H2,(H,12,13,14). The van der Waals surface area contributed by atoms with E-state index in [-0.39, 0.29) is 18.9 Å². The average Bonchev–Trinajstić information content (AvgIpc) is 2.06. The van der Waals surface area contributed by atoms with E-state index < -0.39 is 5.92 Å². The fourth-order valence-corrected chi connectivity index (χ4v) is 1.54. The summed E-state index contributed by atoms with van der Waals surface area (Å²) in [5.74, 6) is -2.11. The number of halogens is 3. The third-order valence-corrected chi connectivity index (χ3v) is 2.45. The van der Waals surface area contributed by atoms with Gasteiger partial charge in [0.25, 0.3) is 5.92 Å². The van der Waals surface area contributed by atoms with Gasteiger partial charge in [-0.15, -0.1) is 0 Å². The second kappa shape index (κ2) is 3.42. The Morgan fingerprint density at radius 3 is 2.43 bits per heavy atom. The molecule has 1 heterocycles. The minimum Gasteiger partial charge on any atom is -0.351 e. The highest BCUT2D eigenvalue weighted by Crippen LogP contribution is 2.38. The molecule has 2 rings (SSSR count). The van der Waals surface area contributed by atoms with Crippen molar-refractivity contribution >= 4 is 21.9 Å². The Morgan fingerprint density at radius 1 is 1.36 bits per heavy atom. The Bertz CT molecular complexity index is 320. The second-order valence-electron chi connectivity index (χ2n) is 3.33. The molecule has 0 atom stereocenters. The van der Waals surface area contributed by atoms with Crippen LogP contribution in [0.1, 0.15) is 12.8 Å². The molecule has 1 N–H and O–H groups in total. The van der Waals surface area contributed by atoms with Crippen molar-refractivity contribution in [3.05, 3.63) is 16.9 Å². The molecular formula is C8H8BrF2N3. The van der Waals surface area contributed by atoms with Gasteiger partial charge in [0.15, 0.2) is 0 Å². The Kier molecular flexibility index (Phi) is 2.38. The number of anilines is 1. The van der Waals surface area contributed by atoms with E-state index in [0.29, 0.717) is 5.95 Å². The van der Waals surface area contributed by atoms with E-state index in [9.17, 15) is 8.78 Å². The Hall–Kier alpha value is -0.780. The zero-order valence-corrected chi connectivity index (χ0v) is 8.76. The first-order valence-electron chi connectivity index (χ1n) is 4.17. The summed E-state index contributed by atoms with van der Waals surface area (Å²) in [6.07, 6.45) is 2.89. The maximum atomic E-state index is 12.5. The van der Waals surface area contributed by atoms with Crippen LogP contribution < -0.4 is 5.32 Å². The summed E-state index contributed by atoms with van der Waals surface area (Å²) in [7, 11) is 0. The van der Waals surface area contributed by atoms with Crippen molar-refractivity contribution in [1.29, 1.82) is 0 Å². The number of nitrogens with one attached hydrogen (secondary N) is 1. The molecule has 0 saturated heterocycles. The Labute approximate surface area is 88.1 Å². The molecule has 0 aromatic carbocycles. The minimum atomic E-state index is -2.51. The van der Waals surface area contributed by atoms with E-state index in [4.69, 9.17) is 0 Å². The van der Waals surface area contributed by atoms with Gasteiger partial charge in [-0.1, -0.05) is 0 Å². The summed E-state index contributed by atoms with van der Waals surface area (Å²) in [4.78, 5) is 7.87. The minimum absolute atomic E-state index is 0.133. The normalized spacial score (nSPS) is 20.2. The van der Waals surface area contributed by atoms with Gasteiger partial charge in [0.05, 0.1) is 4.47 Å². The maximum absolute atomic E-state index is 12.5. The van der Waals surface area contributed by atoms with Gasteiger partial charge in [-0.05, 0) is 15.9 Å². The molecule has 1 fully saturated rings. The van der Waals surface area contributed by atoms with Crippen molar-refractivity contribution in [2.45, 2.75) is 24.8 Å². The van der Waals surface area contributed by atoms with Gasteiger partial charge in [0.2, 0.25) is 5.95 Å². The van der Waals surface area contributed by atoms with Crippen LogP contribution in [0.15, 0.2) is 16.9 Å². The molecule has 14 heavy (non-hydrogen) atoms. The fraction of sp³-hybridized carbons (Fsp3) is 0.500. The van der Waals surface area contributed by atoms with E-state index in [2.05, 4.69) is 31.2 Å². The quantitative estimate of drug-likeness (QED) is 0.891. The predicted molar refractivity (Wildman–Crippen MR) is 51.3 cm³/mol. The Morgan fingerprint density at radius 2 is 1.93 bits per heavy atom. The molecular weight excluding hydrogens is 256 g/mol. The van der Waals surface area contributed by atoms with Crippen LogP contribution in [0.2, 0.25) is 0 Å². The molecule has 0 aliphatic heterocycles. The second-order valence-corrected chi connectivity index (χ2v) is 4.25. The van der Waals surface area contributed by atoms with Crippen LogP contribution in [-0.4, -0.2) is 21.9 Å². The van der Waals surface area contributed by atoms with Crippen LogP contribution >= 0.6 is 15.9 Å². The van der Waals surface area contributed by atoms with Gasteiger partial charge in [-0.25, -0.2) is 18.7 Å². The Balaban J connectivity index is 1.90. The summed E-state index contributed by atoms with van der Waals surface area (Å²) >= 11 is 3.19. The number of hydrogen-bond acceptors (Lipinski definition) is 3. The van der Waals surface area contributed by atoms with Crippen molar-refractivity contribution in [3.63, 3.8) is 0 Å². The summed E-state index contributed by atoms with van der Waals surface area (Å²) in [5, 5.41) is 2.84. The number of hydrogen-bond donors (Lipinski definition) is 1. The van der Waals surface area contributed by atoms with Crippen LogP contribution in [0.4, 0.5) is 14.7 Å². The molecule has 76 valence electrons. The summed E-state index contributed by atoms with van der Waals surface area (Å²) in [6.45, 7) is 0. The van der Waals surface area contributed by atoms with Gasteiger partial charge in [0.1, 0.15) is 0 Å². The molecule has 3 nitrogen and oxygen atoms in total. The van der Waals surface area contributed by atoms with Gasteiger partial charge < -0.3 is 5.32 Å². The molecule has 1 aliphatic rings. The van der Waals surface area contributed by atoms with Crippen molar-refractivity contribution in [3.8, 4) is 0 Å². The molecule has 0 bridgehead atoms. The van der Waals surface area contributed by atoms with Crippen molar-refractivity contribution in [2.24, 2.45) is 0 Å². The van der Waals surface area contributed by atoms with Crippen LogP contribution in [0.5, 0.6) is 0 Å². The number of nitrogens with zero attached hydrogens (tertiary/aromatic N) is 2. The highest BCUT2D eigenvalue weighted by atomic mass is 79.9. The highest BCUT2D eigenvalue weighted by molar-refractivity contribution is 9.10. The molecule has 0 spiro atoms. The van der Waals surface area contributed by atoms with E-state index in [0.717, 1.165) is 4.47 Å². The molecule has 1 saturated carbocycles.